The fourth-order valence-electron chi connectivity index (χ4n) is 5.12. The smallest absolute Gasteiger partial charge is 0.253 e. The lowest BCUT2D eigenvalue weighted by atomic mass is 9.85. The van der Waals surface area contributed by atoms with Gasteiger partial charge in [-0.1, -0.05) is 41.4 Å². The largest absolute Gasteiger partial charge is 0.339 e. The minimum Gasteiger partial charge on any atom is -0.339 e. The first-order chi connectivity index (χ1) is 18.3. The third kappa shape index (κ3) is 5.06. The Bertz CT molecular complexity index is 1360. The van der Waals surface area contributed by atoms with Gasteiger partial charge >= 0.3 is 0 Å². The molecule has 2 aliphatic rings. The first kappa shape index (κ1) is 26.0. The van der Waals surface area contributed by atoms with Crippen molar-refractivity contribution in [3.63, 3.8) is 0 Å². The zero-order valence-corrected chi connectivity index (χ0v) is 21.9. The van der Waals surface area contributed by atoms with E-state index in [1.54, 1.807) is 23.1 Å². The summed E-state index contributed by atoms with van der Waals surface area (Å²) in [6.07, 6.45) is 0.813. The van der Waals surface area contributed by atoms with Crippen LogP contribution in [0.3, 0.4) is 0 Å². The Morgan fingerprint density at radius 1 is 0.921 bits per heavy atom. The lowest BCUT2D eigenvalue weighted by Gasteiger charge is -2.43. The normalized spacial score (nSPS) is 16.7. The molecule has 7 nitrogen and oxygen atoms in total. The van der Waals surface area contributed by atoms with Crippen molar-refractivity contribution < 1.29 is 18.8 Å². The average molecular weight is 555 g/mol. The van der Waals surface area contributed by atoms with Crippen molar-refractivity contribution in [3.05, 3.63) is 94.2 Å². The molecular formula is C28H25Cl2FN4O3. The number of piperidine rings is 1. The third-order valence-electron chi connectivity index (χ3n) is 7.09. The molecule has 2 saturated heterocycles. The minimum atomic E-state index is -0.883. The van der Waals surface area contributed by atoms with E-state index < -0.39 is 11.4 Å². The van der Waals surface area contributed by atoms with Crippen molar-refractivity contribution in [3.8, 4) is 0 Å². The molecule has 10 heteroatoms. The minimum absolute atomic E-state index is 0.146. The Morgan fingerprint density at radius 2 is 1.61 bits per heavy atom. The fraction of sp³-hybridized carbons (Fsp3) is 0.250. The molecule has 2 heterocycles. The van der Waals surface area contributed by atoms with Crippen LogP contribution in [0, 0.1) is 5.82 Å². The monoisotopic (exact) mass is 554 g/mol. The van der Waals surface area contributed by atoms with Gasteiger partial charge in [0.05, 0.1) is 16.7 Å². The molecular weight excluding hydrogens is 530 g/mol. The van der Waals surface area contributed by atoms with Crippen LogP contribution >= 0.6 is 23.2 Å². The Labute approximate surface area is 229 Å². The molecule has 5 rings (SSSR count). The Balaban J connectivity index is 1.33. The number of rotatable bonds is 5. The van der Waals surface area contributed by atoms with Crippen LogP contribution in [0.4, 0.5) is 15.8 Å². The molecule has 0 aromatic heterocycles. The first-order valence-electron chi connectivity index (χ1n) is 12.2. The molecule has 1 N–H and O–H groups in total. The predicted molar refractivity (Wildman–Crippen MR) is 145 cm³/mol. The summed E-state index contributed by atoms with van der Waals surface area (Å²) in [5, 5.41) is 3.40. The van der Waals surface area contributed by atoms with Crippen molar-refractivity contribution in [2.45, 2.75) is 18.4 Å². The molecule has 0 radical (unpaired) electrons. The molecule has 1 spiro atoms. The van der Waals surface area contributed by atoms with Crippen LogP contribution < -0.4 is 10.2 Å². The van der Waals surface area contributed by atoms with Crippen molar-refractivity contribution in [2.24, 2.45) is 0 Å². The lowest BCUT2D eigenvalue weighted by Crippen LogP contribution is -2.57. The van der Waals surface area contributed by atoms with Crippen LogP contribution in [0.15, 0.2) is 72.8 Å². The lowest BCUT2D eigenvalue weighted by molar-refractivity contribution is -0.136. The van der Waals surface area contributed by atoms with Crippen LogP contribution in [0.5, 0.6) is 0 Å². The summed E-state index contributed by atoms with van der Waals surface area (Å²) in [7, 11) is 0. The third-order valence-corrected chi connectivity index (χ3v) is 7.83. The van der Waals surface area contributed by atoms with Gasteiger partial charge in [-0.05, 0) is 67.4 Å². The van der Waals surface area contributed by atoms with E-state index >= 15 is 0 Å². The fourth-order valence-corrected chi connectivity index (χ4v) is 5.42. The maximum Gasteiger partial charge on any atom is 0.253 e. The molecule has 0 bridgehead atoms. The Kier molecular flexibility index (Phi) is 7.27. The van der Waals surface area contributed by atoms with Crippen molar-refractivity contribution in [1.29, 1.82) is 0 Å². The van der Waals surface area contributed by atoms with E-state index in [1.807, 2.05) is 35.2 Å². The Hall–Kier alpha value is -3.62. The highest BCUT2D eigenvalue weighted by Crippen LogP contribution is 2.40. The maximum atomic E-state index is 13.8. The highest BCUT2D eigenvalue weighted by Gasteiger charge is 2.54. The number of para-hydroxylation sites is 1. The van der Waals surface area contributed by atoms with Gasteiger partial charge in [-0.25, -0.2) is 4.39 Å². The molecule has 2 fully saturated rings. The van der Waals surface area contributed by atoms with E-state index in [1.165, 1.54) is 29.2 Å². The number of hydrogen-bond donors (Lipinski definition) is 1. The van der Waals surface area contributed by atoms with Crippen molar-refractivity contribution in [1.82, 2.24) is 9.80 Å². The standard InChI is InChI=1S/C28H25Cl2FN4O3/c29-23-11-6-19(16-24(23)30)26(37)33-14-12-28(13-15-33)27(38)34(18-35(28)22-4-2-1-3-5-22)17-25(36)32-21-9-7-20(31)8-10-21/h1-11,16H,12-15,17-18H2,(H,32,36). The topological polar surface area (TPSA) is 73.0 Å². The Morgan fingerprint density at radius 3 is 2.26 bits per heavy atom. The van der Waals surface area contributed by atoms with E-state index in [0.717, 1.165) is 5.69 Å². The number of carbonyl (C=O) groups excluding carboxylic acids is 3. The molecule has 3 aromatic carbocycles. The molecule has 0 saturated carbocycles. The SMILES string of the molecule is O=C(CN1CN(c2ccccc2)C2(CCN(C(=O)c3ccc(Cl)c(Cl)c3)CC2)C1=O)Nc1ccc(F)cc1. The first-order valence-corrected chi connectivity index (χ1v) is 12.9. The number of likely N-dealkylation sites (tertiary alicyclic amines) is 1. The number of hydrogen-bond acceptors (Lipinski definition) is 4. The van der Waals surface area contributed by atoms with Gasteiger partial charge in [-0.15, -0.1) is 0 Å². The average Bonchev–Trinajstić information content (AvgIpc) is 3.18. The molecule has 3 amide bonds. The highest BCUT2D eigenvalue weighted by atomic mass is 35.5. The molecule has 0 unspecified atom stereocenters. The summed E-state index contributed by atoms with van der Waals surface area (Å²) in [6, 6.07) is 19.8. The van der Waals surface area contributed by atoms with Gasteiger partial charge in [0.25, 0.3) is 11.8 Å². The molecule has 196 valence electrons. The van der Waals surface area contributed by atoms with E-state index in [4.69, 9.17) is 23.2 Å². The molecule has 3 aromatic rings. The second-order valence-corrected chi connectivity index (χ2v) is 10.2. The van der Waals surface area contributed by atoms with Crippen LogP contribution in [-0.4, -0.2) is 59.4 Å². The number of nitrogens with one attached hydrogen (secondary N) is 1. The summed E-state index contributed by atoms with van der Waals surface area (Å²) in [5.74, 6) is -1.10. The van der Waals surface area contributed by atoms with E-state index in [9.17, 15) is 18.8 Å². The summed E-state index contributed by atoms with van der Waals surface area (Å²) in [6.45, 7) is 0.821. The second kappa shape index (κ2) is 10.6. The van der Waals surface area contributed by atoms with Crippen molar-refractivity contribution >= 4 is 52.3 Å². The predicted octanol–water partition coefficient (Wildman–Crippen LogP) is 5.05. The molecule has 0 aliphatic carbocycles. The van der Waals surface area contributed by atoms with Gasteiger partial charge in [-0.2, -0.15) is 0 Å². The summed E-state index contributed by atoms with van der Waals surface area (Å²) in [5.41, 5.74) is 0.872. The van der Waals surface area contributed by atoms with E-state index in [2.05, 4.69) is 5.32 Å². The van der Waals surface area contributed by atoms with Crippen LogP contribution in [0.1, 0.15) is 23.2 Å². The maximum absolute atomic E-state index is 13.8. The van der Waals surface area contributed by atoms with E-state index in [0.29, 0.717) is 47.2 Å². The number of benzene rings is 3. The van der Waals surface area contributed by atoms with Crippen LogP contribution in [0.2, 0.25) is 10.0 Å². The number of halogens is 3. The van der Waals surface area contributed by atoms with Gasteiger partial charge in [0, 0.05) is 30.0 Å². The quantitative estimate of drug-likeness (QED) is 0.478. The number of anilines is 2. The van der Waals surface area contributed by atoms with Crippen LogP contribution in [0.25, 0.3) is 0 Å². The highest BCUT2D eigenvalue weighted by molar-refractivity contribution is 6.42. The summed E-state index contributed by atoms with van der Waals surface area (Å²) < 4.78 is 13.2. The second-order valence-electron chi connectivity index (χ2n) is 9.42. The van der Waals surface area contributed by atoms with Gasteiger partial charge < -0.3 is 20.0 Å². The number of nitrogens with zero attached hydrogens (tertiary/aromatic N) is 3. The molecule has 2 aliphatic heterocycles. The zero-order valence-electron chi connectivity index (χ0n) is 20.4. The van der Waals surface area contributed by atoms with Gasteiger partial charge in [0.2, 0.25) is 5.91 Å². The van der Waals surface area contributed by atoms with Gasteiger partial charge in [0.1, 0.15) is 17.9 Å². The molecule has 38 heavy (non-hydrogen) atoms. The van der Waals surface area contributed by atoms with E-state index in [-0.39, 0.29) is 30.9 Å². The molecule has 0 atom stereocenters. The van der Waals surface area contributed by atoms with Gasteiger partial charge in [0.15, 0.2) is 0 Å². The number of carbonyl (C=O) groups is 3. The van der Waals surface area contributed by atoms with Crippen LogP contribution in [-0.2, 0) is 9.59 Å². The van der Waals surface area contributed by atoms with Gasteiger partial charge in [-0.3, -0.25) is 14.4 Å². The number of amides is 3. The zero-order chi connectivity index (χ0) is 26.9. The van der Waals surface area contributed by atoms with Crippen molar-refractivity contribution in [2.75, 3.05) is 36.5 Å². The summed E-state index contributed by atoms with van der Waals surface area (Å²) >= 11 is 12.1. The summed E-state index contributed by atoms with van der Waals surface area (Å²) in [4.78, 5) is 45.0.